The zero-order valence-electron chi connectivity index (χ0n) is 10.5. The second kappa shape index (κ2) is 4.12. The molecular formula is C12H23NO2. The van der Waals surface area contributed by atoms with E-state index in [-0.39, 0.29) is 5.97 Å². The zero-order valence-corrected chi connectivity index (χ0v) is 10.5. The summed E-state index contributed by atoms with van der Waals surface area (Å²) in [5, 5.41) is 3.39. The van der Waals surface area contributed by atoms with Gasteiger partial charge in [-0.3, -0.25) is 10.1 Å². The summed E-state index contributed by atoms with van der Waals surface area (Å²) in [4.78, 5) is 11.5. The SMILES string of the molecule is COC(=O)C(C)(C)NC1CCC(C)(C)C1. The molecule has 1 N–H and O–H groups in total. The molecule has 0 saturated heterocycles. The highest BCUT2D eigenvalue weighted by Gasteiger charge is 2.37. The quantitative estimate of drug-likeness (QED) is 0.730. The number of ether oxygens (including phenoxy) is 1. The minimum Gasteiger partial charge on any atom is -0.468 e. The molecule has 15 heavy (non-hydrogen) atoms. The third kappa shape index (κ3) is 3.20. The summed E-state index contributed by atoms with van der Waals surface area (Å²) in [5.41, 5.74) is -0.163. The van der Waals surface area contributed by atoms with Crippen molar-refractivity contribution < 1.29 is 9.53 Å². The Labute approximate surface area is 92.6 Å². The average molecular weight is 213 g/mol. The van der Waals surface area contributed by atoms with Crippen molar-refractivity contribution in [3.63, 3.8) is 0 Å². The van der Waals surface area contributed by atoms with Crippen LogP contribution >= 0.6 is 0 Å². The number of methoxy groups -OCH3 is 1. The summed E-state index contributed by atoms with van der Waals surface area (Å²) in [6.45, 7) is 8.31. The van der Waals surface area contributed by atoms with Gasteiger partial charge < -0.3 is 4.74 Å². The topological polar surface area (TPSA) is 38.3 Å². The van der Waals surface area contributed by atoms with Gasteiger partial charge in [-0.05, 0) is 38.5 Å². The Morgan fingerprint density at radius 3 is 2.47 bits per heavy atom. The first-order valence-corrected chi connectivity index (χ1v) is 5.63. The third-order valence-corrected chi connectivity index (χ3v) is 3.23. The summed E-state index contributed by atoms with van der Waals surface area (Å²) in [7, 11) is 1.43. The van der Waals surface area contributed by atoms with Crippen LogP contribution in [0.3, 0.4) is 0 Å². The van der Waals surface area contributed by atoms with Crippen molar-refractivity contribution in [1.82, 2.24) is 5.32 Å². The Morgan fingerprint density at radius 2 is 2.07 bits per heavy atom. The van der Waals surface area contributed by atoms with Crippen LogP contribution in [-0.2, 0) is 9.53 Å². The van der Waals surface area contributed by atoms with Crippen molar-refractivity contribution in [2.75, 3.05) is 7.11 Å². The second-order valence-electron chi connectivity index (χ2n) is 5.86. The number of carbonyl (C=O) groups excluding carboxylic acids is 1. The molecule has 0 aromatic carbocycles. The highest BCUT2D eigenvalue weighted by atomic mass is 16.5. The van der Waals surface area contributed by atoms with E-state index < -0.39 is 5.54 Å². The number of nitrogens with one attached hydrogen (secondary N) is 1. The first-order chi connectivity index (χ1) is 6.77. The second-order valence-corrected chi connectivity index (χ2v) is 5.86. The van der Waals surface area contributed by atoms with E-state index in [1.807, 2.05) is 13.8 Å². The molecule has 1 atom stereocenters. The lowest BCUT2D eigenvalue weighted by Crippen LogP contribution is -2.51. The van der Waals surface area contributed by atoms with E-state index in [4.69, 9.17) is 4.74 Å². The number of carbonyl (C=O) groups is 1. The van der Waals surface area contributed by atoms with Crippen LogP contribution in [0.4, 0.5) is 0 Å². The highest BCUT2D eigenvalue weighted by Crippen LogP contribution is 2.37. The molecule has 1 aliphatic rings. The molecule has 0 aliphatic heterocycles. The Morgan fingerprint density at radius 1 is 1.47 bits per heavy atom. The molecule has 0 spiro atoms. The van der Waals surface area contributed by atoms with E-state index in [2.05, 4.69) is 19.2 Å². The maximum absolute atomic E-state index is 11.5. The zero-order chi connectivity index (χ0) is 11.7. The van der Waals surface area contributed by atoms with Gasteiger partial charge in [0.05, 0.1) is 7.11 Å². The monoisotopic (exact) mass is 213 g/mol. The predicted molar refractivity (Wildman–Crippen MR) is 60.7 cm³/mol. The smallest absolute Gasteiger partial charge is 0.325 e. The fourth-order valence-electron chi connectivity index (χ4n) is 2.38. The van der Waals surface area contributed by atoms with Crippen LogP contribution in [0.1, 0.15) is 47.0 Å². The number of hydrogen-bond donors (Lipinski definition) is 1. The number of esters is 1. The minimum absolute atomic E-state index is 0.188. The van der Waals surface area contributed by atoms with Crippen molar-refractivity contribution >= 4 is 5.97 Å². The van der Waals surface area contributed by atoms with E-state index in [0.29, 0.717) is 11.5 Å². The van der Waals surface area contributed by atoms with Crippen molar-refractivity contribution in [1.29, 1.82) is 0 Å². The predicted octanol–water partition coefficient (Wildman–Crippen LogP) is 2.11. The Balaban J connectivity index is 2.52. The Hall–Kier alpha value is -0.570. The molecule has 0 amide bonds. The molecule has 1 saturated carbocycles. The number of hydrogen-bond acceptors (Lipinski definition) is 3. The van der Waals surface area contributed by atoms with Gasteiger partial charge in [-0.2, -0.15) is 0 Å². The summed E-state index contributed by atoms with van der Waals surface area (Å²) < 4.78 is 4.78. The van der Waals surface area contributed by atoms with Gasteiger partial charge in [0.2, 0.25) is 0 Å². The Bertz CT molecular complexity index is 246. The number of rotatable bonds is 3. The summed E-state index contributed by atoms with van der Waals surface area (Å²) in [5.74, 6) is -0.188. The highest BCUT2D eigenvalue weighted by molar-refractivity contribution is 5.79. The molecule has 1 fully saturated rings. The van der Waals surface area contributed by atoms with Crippen molar-refractivity contribution in [2.45, 2.75) is 58.5 Å². The first kappa shape index (κ1) is 12.5. The normalized spacial score (nSPS) is 25.3. The van der Waals surface area contributed by atoms with Gasteiger partial charge in [0.15, 0.2) is 0 Å². The van der Waals surface area contributed by atoms with E-state index in [0.717, 1.165) is 12.8 Å². The summed E-state index contributed by atoms with van der Waals surface area (Å²) in [6, 6.07) is 0.439. The maximum Gasteiger partial charge on any atom is 0.325 e. The molecule has 3 nitrogen and oxygen atoms in total. The van der Waals surface area contributed by atoms with Crippen LogP contribution in [0.25, 0.3) is 0 Å². The van der Waals surface area contributed by atoms with Crippen LogP contribution in [0, 0.1) is 5.41 Å². The van der Waals surface area contributed by atoms with Gasteiger partial charge in [-0.15, -0.1) is 0 Å². The van der Waals surface area contributed by atoms with E-state index in [1.54, 1.807) is 0 Å². The average Bonchev–Trinajstić information content (AvgIpc) is 2.43. The van der Waals surface area contributed by atoms with Gasteiger partial charge in [0.25, 0.3) is 0 Å². The first-order valence-electron chi connectivity index (χ1n) is 5.63. The van der Waals surface area contributed by atoms with Crippen LogP contribution in [0.15, 0.2) is 0 Å². The summed E-state index contributed by atoms with van der Waals surface area (Å²) in [6.07, 6.45) is 3.50. The lowest BCUT2D eigenvalue weighted by Gasteiger charge is -2.28. The molecule has 0 aromatic rings. The van der Waals surface area contributed by atoms with E-state index in [1.165, 1.54) is 13.5 Å². The van der Waals surface area contributed by atoms with Gasteiger partial charge in [-0.25, -0.2) is 0 Å². The van der Waals surface area contributed by atoms with E-state index in [9.17, 15) is 4.79 Å². The lowest BCUT2D eigenvalue weighted by atomic mass is 9.91. The Kier molecular flexibility index (Phi) is 3.44. The standard InChI is InChI=1S/C12H23NO2/c1-11(2)7-6-9(8-11)13-12(3,4)10(14)15-5/h9,13H,6-8H2,1-5H3. The fraction of sp³-hybridized carbons (Fsp3) is 0.917. The molecule has 0 heterocycles. The van der Waals surface area contributed by atoms with Crippen molar-refractivity contribution in [2.24, 2.45) is 5.41 Å². The molecular weight excluding hydrogens is 190 g/mol. The molecule has 1 aliphatic carbocycles. The van der Waals surface area contributed by atoms with Gasteiger partial charge in [-0.1, -0.05) is 13.8 Å². The van der Waals surface area contributed by atoms with Crippen LogP contribution in [0.2, 0.25) is 0 Å². The molecule has 0 radical (unpaired) electrons. The van der Waals surface area contributed by atoms with Crippen LogP contribution in [0.5, 0.6) is 0 Å². The molecule has 1 unspecified atom stereocenters. The largest absolute Gasteiger partial charge is 0.468 e. The van der Waals surface area contributed by atoms with Crippen molar-refractivity contribution in [3.05, 3.63) is 0 Å². The summed E-state index contributed by atoms with van der Waals surface area (Å²) >= 11 is 0. The molecule has 0 aromatic heterocycles. The van der Waals surface area contributed by atoms with Crippen LogP contribution < -0.4 is 5.32 Å². The molecule has 1 rings (SSSR count). The molecule has 88 valence electrons. The van der Waals surface area contributed by atoms with Gasteiger partial charge in [0, 0.05) is 6.04 Å². The molecule has 0 bridgehead atoms. The van der Waals surface area contributed by atoms with Crippen LogP contribution in [-0.4, -0.2) is 24.7 Å². The van der Waals surface area contributed by atoms with E-state index >= 15 is 0 Å². The minimum atomic E-state index is -0.570. The van der Waals surface area contributed by atoms with Gasteiger partial charge in [0.1, 0.15) is 5.54 Å². The maximum atomic E-state index is 11.5. The van der Waals surface area contributed by atoms with Gasteiger partial charge >= 0.3 is 5.97 Å². The lowest BCUT2D eigenvalue weighted by molar-refractivity contribution is -0.147. The van der Waals surface area contributed by atoms with Crippen molar-refractivity contribution in [3.8, 4) is 0 Å². The third-order valence-electron chi connectivity index (χ3n) is 3.23. The fourth-order valence-corrected chi connectivity index (χ4v) is 2.38. The molecule has 3 heteroatoms.